The number of hydrazine groups is 1. The molecule has 5 heteroatoms. The fraction of sp³-hybridized carbons (Fsp3) is 0.533. The van der Waals surface area contributed by atoms with Crippen molar-refractivity contribution in [1.29, 1.82) is 0 Å². The van der Waals surface area contributed by atoms with E-state index in [-0.39, 0.29) is 18.0 Å². The van der Waals surface area contributed by atoms with E-state index in [1.165, 1.54) is 5.56 Å². The Hall–Kier alpha value is -1.43. The Labute approximate surface area is 120 Å². The van der Waals surface area contributed by atoms with Crippen LogP contribution in [0.3, 0.4) is 0 Å². The van der Waals surface area contributed by atoms with Gasteiger partial charge in [-0.3, -0.25) is 4.79 Å². The Morgan fingerprint density at radius 1 is 1.30 bits per heavy atom. The molecule has 1 saturated heterocycles. The molecule has 1 aromatic rings. The summed E-state index contributed by atoms with van der Waals surface area (Å²) in [5, 5.41) is 2.98. The molecule has 1 aliphatic heterocycles. The van der Waals surface area contributed by atoms with Crippen LogP contribution in [0.15, 0.2) is 30.3 Å². The van der Waals surface area contributed by atoms with Crippen LogP contribution in [-0.4, -0.2) is 44.0 Å². The van der Waals surface area contributed by atoms with E-state index < -0.39 is 0 Å². The predicted molar refractivity (Wildman–Crippen MR) is 80.0 cm³/mol. The van der Waals surface area contributed by atoms with Crippen molar-refractivity contribution in [2.45, 2.75) is 24.9 Å². The fourth-order valence-corrected chi connectivity index (χ4v) is 2.36. The van der Waals surface area contributed by atoms with Crippen LogP contribution in [-0.2, 0) is 4.79 Å². The van der Waals surface area contributed by atoms with Gasteiger partial charge in [-0.15, -0.1) is 0 Å². The molecule has 0 bridgehead atoms. The van der Waals surface area contributed by atoms with E-state index in [1.54, 1.807) is 0 Å². The van der Waals surface area contributed by atoms with Gasteiger partial charge in [-0.1, -0.05) is 30.3 Å². The van der Waals surface area contributed by atoms with Crippen molar-refractivity contribution in [2.75, 3.05) is 27.2 Å². The fourth-order valence-electron chi connectivity index (χ4n) is 2.36. The maximum Gasteiger partial charge on any atom is 0.238 e. The van der Waals surface area contributed by atoms with E-state index in [4.69, 9.17) is 0 Å². The Balaban J connectivity index is 1.74. The molecule has 2 rings (SSSR count). The standard InChI is InChI=1S/C15H24N4O/c1-19(2)10-6-9-16-15(20)14-11-13(17-18-14)12-7-4-3-5-8-12/h3-5,7-8,13-14,17-18H,6,9-11H2,1-2H3,(H,16,20). The molecular weight excluding hydrogens is 252 g/mol. The molecule has 2 atom stereocenters. The molecule has 0 aliphatic carbocycles. The van der Waals surface area contributed by atoms with Crippen molar-refractivity contribution in [3.63, 3.8) is 0 Å². The zero-order valence-corrected chi connectivity index (χ0v) is 12.2. The number of rotatable bonds is 6. The second kappa shape index (κ2) is 7.38. The van der Waals surface area contributed by atoms with Crippen LogP contribution in [0.25, 0.3) is 0 Å². The topological polar surface area (TPSA) is 56.4 Å². The number of hydrogen-bond donors (Lipinski definition) is 3. The van der Waals surface area contributed by atoms with Crippen molar-refractivity contribution >= 4 is 5.91 Å². The minimum absolute atomic E-state index is 0.0784. The first-order valence-corrected chi connectivity index (χ1v) is 7.15. The van der Waals surface area contributed by atoms with Crippen LogP contribution >= 0.6 is 0 Å². The third-order valence-corrected chi connectivity index (χ3v) is 3.50. The molecule has 110 valence electrons. The van der Waals surface area contributed by atoms with Gasteiger partial charge in [-0.05, 0) is 39.0 Å². The summed E-state index contributed by atoms with van der Waals surface area (Å²) in [5.74, 6) is 0.0784. The minimum Gasteiger partial charge on any atom is -0.355 e. The third kappa shape index (κ3) is 4.30. The van der Waals surface area contributed by atoms with Crippen molar-refractivity contribution in [3.8, 4) is 0 Å². The number of nitrogens with one attached hydrogen (secondary N) is 3. The molecule has 5 nitrogen and oxygen atoms in total. The summed E-state index contributed by atoms with van der Waals surface area (Å²) in [6.07, 6.45) is 1.75. The SMILES string of the molecule is CN(C)CCCNC(=O)C1CC(c2ccccc2)NN1. The first-order chi connectivity index (χ1) is 9.66. The van der Waals surface area contributed by atoms with E-state index >= 15 is 0 Å². The van der Waals surface area contributed by atoms with Gasteiger partial charge in [0.15, 0.2) is 0 Å². The summed E-state index contributed by atoms with van der Waals surface area (Å²) in [6, 6.07) is 10.2. The lowest BCUT2D eigenvalue weighted by molar-refractivity contribution is -0.122. The Morgan fingerprint density at radius 3 is 2.75 bits per heavy atom. The number of carbonyl (C=O) groups is 1. The van der Waals surface area contributed by atoms with E-state index in [9.17, 15) is 4.79 Å². The van der Waals surface area contributed by atoms with Crippen molar-refractivity contribution < 1.29 is 4.79 Å². The van der Waals surface area contributed by atoms with Crippen LogP contribution in [0.1, 0.15) is 24.4 Å². The first kappa shape index (κ1) is 15.0. The normalized spacial score (nSPS) is 22.1. The highest BCUT2D eigenvalue weighted by molar-refractivity contribution is 5.82. The molecule has 0 aromatic heterocycles. The van der Waals surface area contributed by atoms with Gasteiger partial charge in [-0.2, -0.15) is 0 Å². The molecular formula is C15H24N4O. The van der Waals surface area contributed by atoms with Gasteiger partial charge in [0.1, 0.15) is 6.04 Å². The van der Waals surface area contributed by atoms with Crippen LogP contribution in [0, 0.1) is 0 Å². The van der Waals surface area contributed by atoms with Crippen molar-refractivity contribution in [1.82, 2.24) is 21.1 Å². The molecule has 0 radical (unpaired) electrons. The number of nitrogens with zero attached hydrogens (tertiary/aromatic N) is 1. The zero-order valence-electron chi connectivity index (χ0n) is 12.2. The van der Waals surface area contributed by atoms with Crippen LogP contribution in [0.2, 0.25) is 0 Å². The summed E-state index contributed by atoms with van der Waals surface area (Å²) < 4.78 is 0. The van der Waals surface area contributed by atoms with E-state index in [0.717, 1.165) is 25.9 Å². The summed E-state index contributed by atoms with van der Waals surface area (Å²) in [6.45, 7) is 1.72. The van der Waals surface area contributed by atoms with Gasteiger partial charge < -0.3 is 10.2 Å². The summed E-state index contributed by atoms with van der Waals surface area (Å²) in [5.41, 5.74) is 7.49. The Morgan fingerprint density at radius 2 is 2.05 bits per heavy atom. The van der Waals surface area contributed by atoms with Crippen molar-refractivity contribution in [2.24, 2.45) is 0 Å². The number of benzene rings is 1. The lowest BCUT2D eigenvalue weighted by Crippen LogP contribution is -2.43. The second-order valence-corrected chi connectivity index (χ2v) is 5.49. The predicted octanol–water partition coefficient (Wildman–Crippen LogP) is 0.662. The van der Waals surface area contributed by atoms with Gasteiger partial charge in [0.05, 0.1) is 0 Å². The second-order valence-electron chi connectivity index (χ2n) is 5.49. The lowest BCUT2D eigenvalue weighted by Gasteiger charge is -2.12. The highest BCUT2D eigenvalue weighted by Gasteiger charge is 2.29. The van der Waals surface area contributed by atoms with Gasteiger partial charge in [0.25, 0.3) is 0 Å². The van der Waals surface area contributed by atoms with Crippen LogP contribution in [0.5, 0.6) is 0 Å². The van der Waals surface area contributed by atoms with E-state index in [0.29, 0.717) is 0 Å². The molecule has 1 aromatic carbocycles. The maximum atomic E-state index is 12.0. The molecule has 1 fully saturated rings. The number of hydrogen-bond acceptors (Lipinski definition) is 4. The van der Waals surface area contributed by atoms with Gasteiger partial charge >= 0.3 is 0 Å². The molecule has 2 unspecified atom stereocenters. The van der Waals surface area contributed by atoms with Gasteiger partial charge in [-0.25, -0.2) is 10.9 Å². The molecule has 3 N–H and O–H groups in total. The molecule has 0 spiro atoms. The summed E-state index contributed by atoms with van der Waals surface area (Å²) >= 11 is 0. The molecule has 20 heavy (non-hydrogen) atoms. The Kier molecular flexibility index (Phi) is 5.52. The van der Waals surface area contributed by atoms with E-state index in [1.807, 2.05) is 32.3 Å². The third-order valence-electron chi connectivity index (χ3n) is 3.50. The van der Waals surface area contributed by atoms with Crippen LogP contribution < -0.4 is 16.2 Å². The molecule has 1 heterocycles. The van der Waals surface area contributed by atoms with Crippen LogP contribution in [0.4, 0.5) is 0 Å². The highest BCUT2D eigenvalue weighted by atomic mass is 16.2. The quantitative estimate of drug-likeness (QED) is 0.668. The summed E-state index contributed by atoms with van der Waals surface area (Å²) in [7, 11) is 4.07. The minimum atomic E-state index is -0.153. The summed E-state index contributed by atoms with van der Waals surface area (Å²) in [4.78, 5) is 14.2. The van der Waals surface area contributed by atoms with Gasteiger partial charge in [0, 0.05) is 12.6 Å². The Bertz CT molecular complexity index is 421. The van der Waals surface area contributed by atoms with Gasteiger partial charge in [0.2, 0.25) is 5.91 Å². The number of carbonyl (C=O) groups excluding carboxylic acids is 1. The molecule has 0 saturated carbocycles. The largest absolute Gasteiger partial charge is 0.355 e. The average molecular weight is 276 g/mol. The lowest BCUT2D eigenvalue weighted by atomic mass is 10.0. The smallest absolute Gasteiger partial charge is 0.238 e. The van der Waals surface area contributed by atoms with E-state index in [2.05, 4.69) is 33.2 Å². The maximum absolute atomic E-state index is 12.0. The van der Waals surface area contributed by atoms with Crippen molar-refractivity contribution in [3.05, 3.63) is 35.9 Å². The molecule has 1 aliphatic rings. The average Bonchev–Trinajstić information content (AvgIpc) is 2.94. The molecule has 1 amide bonds. The first-order valence-electron chi connectivity index (χ1n) is 7.15. The zero-order chi connectivity index (χ0) is 14.4. The monoisotopic (exact) mass is 276 g/mol. The number of amides is 1. The highest BCUT2D eigenvalue weighted by Crippen LogP contribution is 2.21.